The van der Waals surface area contributed by atoms with E-state index in [0.717, 1.165) is 0 Å². The van der Waals surface area contributed by atoms with Crippen LogP contribution >= 0.6 is 11.8 Å². The maximum absolute atomic E-state index is 13.6. The molecule has 12 N–H and O–H groups in total. The van der Waals surface area contributed by atoms with Gasteiger partial charge in [0.05, 0.1) is 31.6 Å². The number of aromatic nitrogens is 2. The van der Waals surface area contributed by atoms with E-state index in [9.17, 15) is 38.7 Å². The smallest absolute Gasteiger partial charge is 0.328 e. The molecule has 0 radical (unpaired) electrons. The molecule has 0 aromatic carbocycles. The number of carboxylic acids is 1. The summed E-state index contributed by atoms with van der Waals surface area (Å²) < 4.78 is 0. The fraction of sp³-hybridized carbons (Fsp3) is 0.643. The molecule has 19 nitrogen and oxygen atoms in total. The van der Waals surface area contributed by atoms with Crippen molar-refractivity contribution in [3.8, 4) is 0 Å². The molecule has 6 amide bonds. The van der Waals surface area contributed by atoms with Crippen LogP contribution in [0.4, 0.5) is 0 Å². The monoisotopic (exact) mass is 701 g/mol. The number of hydrogen-bond acceptors (Lipinski definition) is 12. The fourth-order valence-electron chi connectivity index (χ4n) is 4.05. The average molecular weight is 702 g/mol. The number of carboxylic acid groups (broad SMARTS) is 1. The van der Waals surface area contributed by atoms with Crippen molar-refractivity contribution in [1.29, 1.82) is 0 Å². The molecule has 0 bridgehead atoms. The predicted molar refractivity (Wildman–Crippen MR) is 173 cm³/mol. The highest BCUT2D eigenvalue weighted by molar-refractivity contribution is 7.98. The molecule has 0 unspecified atom stereocenters. The van der Waals surface area contributed by atoms with Crippen molar-refractivity contribution in [2.75, 3.05) is 25.2 Å². The van der Waals surface area contributed by atoms with Gasteiger partial charge >= 0.3 is 5.97 Å². The number of thioether (sulfide) groups is 1. The third-order valence-electron chi connectivity index (χ3n) is 6.82. The highest BCUT2D eigenvalue weighted by Crippen LogP contribution is 2.08. The van der Waals surface area contributed by atoms with Crippen molar-refractivity contribution in [2.24, 2.45) is 11.7 Å². The van der Waals surface area contributed by atoms with E-state index in [0.29, 0.717) is 11.4 Å². The van der Waals surface area contributed by atoms with Gasteiger partial charge in [-0.05, 0) is 38.2 Å². The zero-order chi connectivity index (χ0) is 36.6. The Balaban J connectivity index is 3.14. The number of nitrogens with two attached hydrogens (primary N) is 1. The van der Waals surface area contributed by atoms with Crippen LogP contribution in [0.15, 0.2) is 12.5 Å². The summed E-state index contributed by atoms with van der Waals surface area (Å²) in [6, 6.07) is -7.68. The Kier molecular flexibility index (Phi) is 18.1. The summed E-state index contributed by atoms with van der Waals surface area (Å²) in [6.45, 7) is 4.42. The van der Waals surface area contributed by atoms with E-state index < -0.39 is 103 Å². The second-order valence-corrected chi connectivity index (χ2v) is 12.3. The number of rotatable bonds is 21. The number of carbonyl (C=O) groups is 7. The molecule has 0 spiro atoms. The molecular weight excluding hydrogens is 654 g/mol. The Labute approximate surface area is 281 Å². The first kappa shape index (κ1) is 41.8. The number of imidazole rings is 1. The molecule has 0 saturated heterocycles. The lowest BCUT2D eigenvalue weighted by molar-refractivity contribution is -0.143. The maximum Gasteiger partial charge on any atom is 0.328 e. The number of aromatic amines is 1. The Bertz CT molecular complexity index is 1250. The van der Waals surface area contributed by atoms with Crippen LogP contribution in [0.25, 0.3) is 0 Å². The highest BCUT2D eigenvalue weighted by Gasteiger charge is 2.34. The number of hydrogen-bond donors (Lipinski definition) is 11. The number of amides is 6. The Hall–Kier alpha value is -4.27. The first-order chi connectivity index (χ1) is 22.5. The summed E-state index contributed by atoms with van der Waals surface area (Å²) >= 11 is 1.39. The molecular formula is C28H47N9O10S. The molecule has 1 aromatic rings. The lowest BCUT2D eigenvalue weighted by atomic mass is 10.0. The van der Waals surface area contributed by atoms with Gasteiger partial charge in [0.2, 0.25) is 35.4 Å². The predicted octanol–water partition coefficient (Wildman–Crippen LogP) is -4.29. The van der Waals surface area contributed by atoms with E-state index in [1.807, 2.05) is 5.32 Å². The van der Waals surface area contributed by atoms with Gasteiger partial charge in [0, 0.05) is 18.3 Å². The van der Waals surface area contributed by atoms with Gasteiger partial charge in [-0.1, -0.05) is 13.8 Å². The van der Waals surface area contributed by atoms with Gasteiger partial charge < -0.3 is 57.9 Å². The van der Waals surface area contributed by atoms with Gasteiger partial charge in [-0.15, -0.1) is 0 Å². The van der Waals surface area contributed by atoms with Crippen LogP contribution in [0.5, 0.6) is 0 Å². The lowest BCUT2D eigenvalue weighted by Crippen LogP contribution is -2.61. The average Bonchev–Trinajstić information content (AvgIpc) is 3.53. The summed E-state index contributed by atoms with van der Waals surface area (Å²) in [6.07, 6.45) is 3.22. The molecule has 1 aromatic heterocycles. The summed E-state index contributed by atoms with van der Waals surface area (Å²) in [7, 11) is 0. The van der Waals surface area contributed by atoms with Crippen molar-refractivity contribution in [2.45, 2.75) is 82.9 Å². The van der Waals surface area contributed by atoms with Crippen molar-refractivity contribution < 1.29 is 48.9 Å². The minimum absolute atomic E-state index is 0.111. The van der Waals surface area contributed by atoms with E-state index in [1.165, 1.54) is 38.1 Å². The molecule has 1 rings (SSSR count). The first-order valence-electron chi connectivity index (χ1n) is 15.0. The highest BCUT2D eigenvalue weighted by atomic mass is 32.2. The van der Waals surface area contributed by atoms with E-state index in [1.54, 1.807) is 20.1 Å². The van der Waals surface area contributed by atoms with Crippen LogP contribution < -0.4 is 37.6 Å². The molecule has 1 heterocycles. The number of nitrogens with zero attached hydrogens (tertiary/aromatic N) is 1. The minimum atomic E-state index is -1.57. The van der Waals surface area contributed by atoms with Crippen LogP contribution in [0.3, 0.4) is 0 Å². The van der Waals surface area contributed by atoms with Crippen LogP contribution in [0.1, 0.15) is 39.8 Å². The molecule has 0 aliphatic rings. The molecule has 0 fully saturated rings. The Morgan fingerprint density at radius 3 is 1.96 bits per heavy atom. The molecule has 20 heteroatoms. The van der Waals surface area contributed by atoms with Crippen LogP contribution in [0.2, 0.25) is 0 Å². The molecule has 48 heavy (non-hydrogen) atoms. The number of nitrogens with one attached hydrogen (secondary N) is 7. The molecule has 0 saturated carbocycles. The molecule has 0 aliphatic heterocycles. The van der Waals surface area contributed by atoms with Crippen molar-refractivity contribution in [1.82, 2.24) is 41.9 Å². The largest absolute Gasteiger partial charge is 0.480 e. The van der Waals surface area contributed by atoms with Gasteiger partial charge in [-0.25, -0.2) is 9.78 Å². The zero-order valence-corrected chi connectivity index (χ0v) is 28.3. The second-order valence-electron chi connectivity index (χ2n) is 11.3. The normalized spacial score (nSPS) is 15.4. The fourth-order valence-corrected chi connectivity index (χ4v) is 4.52. The van der Waals surface area contributed by atoms with E-state index in [2.05, 4.69) is 36.6 Å². The second kappa shape index (κ2) is 20.9. The third kappa shape index (κ3) is 14.2. The number of aliphatic hydroxyl groups is 2. The Morgan fingerprint density at radius 2 is 1.46 bits per heavy atom. The van der Waals surface area contributed by atoms with Gasteiger partial charge in [0.15, 0.2) is 0 Å². The van der Waals surface area contributed by atoms with Crippen LogP contribution in [-0.2, 0) is 40.0 Å². The van der Waals surface area contributed by atoms with Crippen molar-refractivity contribution >= 4 is 53.2 Å². The van der Waals surface area contributed by atoms with Gasteiger partial charge in [0.1, 0.15) is 30.2 Å². The topological polar surface area (TPSA) is 307 Å². The van der Waals surface area contributed by atoms with Crippen LogP contribution in [0, 0.1) is 5.92 Å². The number of carbonyl (C=O) groups excluding carboxylic acids is 6. The van der Waals surface area contributed by atoms with Crippen molar-refractivity contribution in [3.63, 3.8) is 0 Å². The SMILES string of the molecule is CSCC[C@H](NC(=O)[C@H](Cc1cnc[nH]1)NC(=O)[C@@H](NC(=O)[C@H](C)N)[C@@H](C)O)C(=O)N[C@H](C(=O)NCC(=O)N[C@@H](CO)C(=O)O)C(C)C. The summed E-state index contributed by atoms with van der Waals surface area (Å²) in [5.41, 5.74) is 6.02. The maximum atomic E-state index is 13.6. The van der Waals surface area contributed by atoms with Gasteiger partial charge in [0.25, 0.3) is 0 Å². The quantitative estimate of drug-likeness (QED) is 0.0579. The van der Waals surface area contributed by atoms with Crippen LogP contribution in [-0.4, -0.2) is 134 Å². The van der Waals surface area contributed by atoms with E-state index in [-0.39, 0.29) is 12.8 Å². The Morgan fingerprint density at radius 1 is 0.854 bits per heavy atom. The zero-order valence-electron chi connectivity index (χ0n) is 27.4. The standard InChI is InChI=1S/C28H47N9O10S/c1-13(2)21(26(44)31-10-20(40)33-19(11-38)28(46)47)36-24(42)17(6-7-48-5)34-25(43)18(8-16-9-30-12-32-16)35-27(45)22(15(4)39)37-23(41)14(3)29/h9,12-15,17-19,21-22,38-39H,6-8,10-11,29H2,1-5H3,(H,30,32)(H,31,44)(H,33,40)(H,34,43)(H,35,45)(H,36,42)(H,37,41)(H,46,47)/t14-,15+,17-,18-,19-,21-,22-/m0/s1. The summed E-state index contributed by atoms with van der Waals surface area (Å²) in [4.78, 5) is 95.2. The van der Waals surface area contributed by atoms with Gasteiger partial charge in [-0.3, -0.25) is 28.8 Å². The first-order valence-corrected chi connectivity index (χ1v) is 16.4. The summed E-state index contributed by atoms with van der Waals surface area (Å²) in [5, 5.41) is 42.6. The summed E-state index contributed by atoms with van der Waals surface area (Å²) in [5.74, 6) is -6.32. The number of aliphatic carboxylic acids is 1. The van der Waals surface area contributed by atoms with E-state index >= 15 is 0 Å². The van der Waals surface area contributed by atoms with Crippen molar-refractivity contribution in [3.05, 3.63) is 18.2 Å². The van der Waals surface area contributed by atoms with E-state index in [4.69, 9.17) is 15.9 Å². The minimum Gasteiger partial charge on any atom is -0.480 e. The third-order valence-corrected chi connectivity index (χ3v) is 7.46. The number of aliphatic hydroxyl groups excluding tert-OH is 2. The molecule has 7 atom stereocenters. The molecule has 0 aliphatic carbocycles. The number of H-pyrrole nitrogens is 1. The van der Waals surface area contributed by atoms with Gasteiger partial charge in [-0.2, -0.15) is 11.8 Å². The molecule has 270 valence electrons. The lowest BCUT2D eigenvalue weighted by Gasteiger charge is -2.28.